The highest BCUT2D eigenvalue weighted by Crippen LogP contribution is 2.33. The Balaban J connectivity index is 2.10. The lowest BCUT2D eigenvalue weighted by atomic mass is 9.87. The molecule has 0 spiro atoms. The maximum absolute atomic E-state index is 12.3. The van der Waals surface area contributed by atoms with Gasteiger partial charge in [-0.25, -0.2) is 4.79 Å². The summed E-state index contributed by atoms with van der Waals surface area (Å²) in [6.07, 6.45) is 4.44. The van der Waals surface area contributed by atoms with Crippen molar-refractivity contribution in [3.63, 3.8) is 0 Å². The van der Waals surface area contributed by atoms with Crippen LogP contribution in [0.2, 0.25) is 0 Å². The lowest BCUT2D eigenvalue weighted by Gasteiger charge is -2.19. The van der Waals surface area contributed by atoms with Gasteiger partial charge in [-0.15, -0.1) is 11.3 Å². The number of carboxylic acid groups (broad SMARTS) is 1. The van der Waals surface area contributed by atoms with Gasteiger partial charge in [-0.05, 0) is 42.7 Å². The fourth-order valence-corrected chi connectivity index (χ4v) is 3.90. The Bertz CT molecular complexity index is 536. The number of carbonyl (C=O) groups is 2. The van der Waals surface area contributed by atoms with Crippen LogP contribution >= 0.6 is 11.3 Å². The molecule has 1 aliphatic carbocycles. The Morgan fingerprint density at radius 3 is 2.76 bits per heavy atom. The first-order chi connectivity index (χ1) is 9.92. The molecule has 4 nitrogen and oxygen atoms in total. The van der Waals surface area contributed by atoms with Crippen LogP contribution in [-0.2, 0) is 17.6 Å². The van der Waals surface area contributed by atoms with Crippen LogP contribution in [-0.4, -0.2) is 23.0 Å². The van der Waals surface area contributed by atoms with Crippen molar-refractivity contribution in [3.8, 4) is 0 Å². The SMILES string of the molecule is CCC1CCc2sc(C(=O)N[C@@H](C(=O)O)C(C)C)cc2C1. The minimum atomic E-state index is -0.981. The third kappa shape index (κ3) is 3.64. The normalized spacial score (nSPS) is 19.1. The van der Waals surface area contributed by atoms with Crippen LogP contribution in [0.15, 0.2) is 6.07 Å². The van der Waals surface area contributed by atoms with E-state index in [2.05, 4.69) is 12.2 Å². The van der Waals surface area contributed by atoms with Gasteiger partial charge in [0.1, 0.15) is 6.04 Å². The summed E-state index contributed by atoms with van der Waals surface area (Å²) in [6.45, 7) is 5.80. The lowest BCUT2D eigenvalue weighted by Crippen LogP contribution is -2.44. The number of carboxylic acids is 1. The number of rotatable bonds is 5. The molecular formula is C16H23NO3S. The summed E-state index contributed by atoms with van der Waals surface area (Å²) in [4.78, 5) is 25.4. The molecule has 0 saturated carbocycles. The van der Waals surface area contributed by atoms with Gasteiger partial charge >= 0.3 is 5.97 Å². The molecule has 21 heavy (non-hydrogen) atoms. The topological polar surface area (TPSA) is 66.4 Å². The van der Waals surface area contributed by atoms with Crippen LogP contribution in [0.1, 0.15) is 53.7 Å². The van der Waals surface area contributed by atoms with Gasteiger partial charge in [-0.1, -0.05) is 27.2 Å². The van der Waals surface area contributed by atoms with Crippen LogP contribution in [0.5, 0.6) is 0 Å². The summed E-state index contributed by atoms with van der Waals surface area (Å²) in [5, 5.41) is 11.8. The monoisotopic (exact) mass is 309 g/mol. The van der Waals surface area contributed by atoms with Crippen LogP contribution in [0, 0.1) is 11.8 Å². The first kappa shape index (κ1) is 16.0. The van der Waals surface area contributed by atoms with E-state index in [1.54, 1.807) is 13.8 Å². The van der Waals surface area contributed by atoms with Gasteiger partial charge < -0.3 is 10.4 Å². The van der Waals surface area contributed by atoms with Crippen LogP contribution in [0.3, 0.4) is 0 Å². The molecule has 2 atom stereocenters. The zero-order chi connectivity index (χ0) is 15.6. The van der Waals surface area contributed by atoms with Crippen molar-refractivity contribution in [2.24, 2.45) is 11.8 Å². The summed E-state index contributed by atoms with van der Waals surface area (Å²) in [5.74, 6) is -0.662. The van der Waals surface area contributed by atoms with Gasteiger partial charge in [0.2, 0.25) is 0 Å². The molecule has 5 heteroatoms. The molecule has 0 saturated heterocycles. The third-order valence-corrected chi connectivity index (χ3v) is 5.44. The molecule has 1 aliphatic rings. The zero-order valence-electron chi connectivity index (χ0n) is 12.8. The zero-order valence-corrected chi connectivity index (χ0v) is 13.6. The number of carbonyl (C=O) groups excluding carboxylic acids is 1. The second-order valence-corrected chi connectivity index (χ2v) is 7.25. The van der Waals surface area contributed by atoms with Crippen LogP contribution in [0.4, 0.5) is 0 Å². The summed E-state index contributed by atoms with van der Waals surface area (Å²) in [7, 11) is 0. The maximum atomic E-state index is 12.3. The lowest BCUT2D eigenvalue weighted by molar-refractivity contribution is -0.140. The highest BCUT2D eigenvalue weighted by Gasteiger charge is 2.26. The number of thiophene rings is 1. The summed E-state index contributed by atoms with van der Waals surface area (Å²) < 4.78 is 0. The molecule has 0 fully saturated rings. The largest absolute Gasteiger partial charge is 0.480 e. The fourth-order valence-electron chi connectivity index (χ4n) is 2.79. The molecule has 1 heterocycles. The Hall–Kier alpha value is -1.36. The Morgan fingerprint density at radius 1 is 1.48 bits per heavy atom. The number of aliphatic carboxylic acids is 1. The third-order valence-electron chi connectivity index (χ3n) is 4.21. The molecule has 0 bridgehead atoms. The predicted octanol–water partition coefficient (Wildman–Crippen LogP) is 3.10. The molecule has 0 aliphatic heterocycles. The highest BCUT2D eigenvalue weighted by molar-refractivity contribution is 7.14. The average molecular weight is 309 g/mol. The number of hydrogen-bond acceptors (Lipinski definition) is 3. The fraction of sp³-hybridized carbons (Fsp3) is 0.625. The summed E-state index contributed by atoms with van der Waals surface area (Å²) in [5.41, 5.74) is 1.28. The van der Waals surface area contributed by atoms with Gasteiger partial charge in [-0.3, -0.25) is 4.79 Å². The average Bonchev–Trinajstić information content (AvgIpc) is 2.86. The summed E-state index contributed by atoms with van der Waals surface area (Å²) >= 11 is 1.52. The number of nitrogens with one attached hydrogen (secondary N) is 1. The van der Waals surface area contributed by atoms with Gasteiger partial charge in [0.05, 0.1) is 4.88 Å². The van der Waals surface area contributed by atoms with E-state index in [1.807, 2.05) is 6.07 Å². The van der Waals surface area contributed by atoms with E-state index in [1.165, 1.54) is 34.6 Å². The molecule has 1 amide bonds. The van der Waals surface area contributed by atoms with E-state index < -0.39 is 12.0 Å². The standard InChI is InChI=1S/C16H23NO3S/c1-4-10-5-6-12-11(7-10)8-13(21-12)15(18)17-14(9(2)3)16(19)20/h8-10,14H,4-7H2,1-3H3,(H,17,18)(H,19,20)/t10?,14-/m1/s1. The highest BCUT2D eigenvalue weighted by atomic mass is 32.1. The molecule has 0 radical (unpaired) electrons. The van der Waals surface area contributed by atoms with Gasteiger partial charge in [0.15, 0.2) is 0 Å². The maximum Gasteiger partial charge on any atom is 0.326 e. The first-order valence-electron chi connectivity index (χ1n) is 7.57. The molecule has 1 aromatic heterocycles. The van der Waals surface area contributed by atoms with E-state index in [-0.39, 0.29) is 11.8 Å². The van der Waals surface area contributed by atoms with Crippen molar-refractivity contribution in [1.29, 1.82) is 0 Å². The van der Waals surface area contributed by atoms with E-state index in [0.717, 1.165) is 12.8 Å². The minimum absolute atomic E-state index is 0.134. The van der Waals surface area contributed by atoms with Gasteiger partial charge in [0, 0.05) is 4.88 Å². The molecule has 2 rings (SSSR count). The first-order valence-corrected chi connectivity index (χ1v) is 8.39. The Morgan fingerprint density at radius 2 is 2.19 bits per heavy atom. The quantitative estimate of drug-likeness (QED) is 0.878. The van der Waals surface area contributed by atoms with Crippen molar-refractivity contribution in [2.45, 2.75) is 52.5 Å². The Labute approximate surface area is 129 Å². The van der Waals surface area contributed by atoms with Crippen molar-refractivity contribution in [2.75, 3.05) is 0 Å². The van der Waals surface area contributed by atoms with E-state index in [4.69, 9.17) is 5.11 Å². The minimum Gasteiger partial charge on any atom is -0.480 e. The summed E-state index contributed by atoms with van der Waals surface area (Å²) in [6, 6.07) is 1.12. The van der Waals surface area contributed by atoms with Crippen molar-refractivity contribution < 1.29 is 14.7 Å². The molecule has 0 aromatic carbocycles. The number of amides is 1. The van der Waals surface area contributed by atoms with Crippen LogP contribution < -0.4 is 5.32 Å². The predicted molar refractivity (Wildman–Crippen MR) is 83.9 cm³/mol. The van der Waals surface area contributed by atoms with Gasteiger partial charge in [0.25, 0.3) is 5.91 Å². The number of hydrogen-bond donors (Lipinski definition) is 2. The van der Waals surface area contributed by atoms with Crippen molar-refractivity contribution in [1.82, 2.24) is 5.32 Å². The second kappa shape index (κ2) is 6.60. The van der Waals surface area contributed by atoms with E-state index in [9.17, 15) is 9.59 Å². The smallest absolute Gasteiger partial charge is 0.326 e. The Kier molecular flexibility index (Phi) is 5.04. The van der Waals surface area contributed by atoms with Crippen molar-refractivity contribution in [3.05, 3.63) is 21.4 Å². The van der Waals surface area contributed by atoms with E-state index >= 15 is 0 Å². The molecule has 116 valence electrons. The molecular weight excluding hydrogens is 286 g/mol. The molecule has 1 unspecified atom stereocenters. The second-order valence-electron chi connectivity index (χ2n) is 6.11. The molecule has 1 aromatic rings. The van der Waals surface area contributed by atoms with Gasteiger partial charge in [-0.2, -0.15) is 0 Å². The number of fused-ring (bicyclic) bond motifs is 1. The molecule has 2 N–H and O–H groups in total. The van der Waals surface area contributed by atoms with E-state index in [0.29, 0.717) is 10.8 Å². The van der Waals surface area contributed by atoms with Crippen molar-refractivity contribution >= 4 is 23.2 Å². The number of aryl methyl sites for hydroxylation is 1. The van der Waals surface area contributed by atoms with Crippen LogP contribution in [0.25, 0.3) is 0 Å².